The summed E-state index contributed by atoms with van der Waals surface area (Å²) in [6.07, 6.45) is -1.33. The topological polar surface area (TPSA) is 46.5 Å². The van der Waals surface area contributed by atoms with Crippen molar-refractivity contribution in [2.24, 2.45) is 11.8 Å². The maximum absolute atomic E-state index is 12.8. The molecule has 3 nitrogen and oxygen atoms in total. The number of hydrogen-bond donors (Lipinski definition) is 1. The lowest BCUT2D eigenvalue weighted by Gasteiger charge is -2.37. The predicted octanol–water partition coefficient (Wildman–Crippen LogP) is 4.25. The van der Waals surface area contributed by atoms with Gasteiger partial charge in [0.2, 0.25) is 0 Å². The van der Waals surface area contributed by atoms with Gasteiger partial charge in [-0.15, -0.1) is 0 Å². The Morgan fingerprint density at radius 2 is 2.00 bits per heavy atom. The Labute approximate surface area is 132 Å². The van der Waals surface area contributed by atoms with Crippen LogP contribution in [0.15, 0.2) is 18.2 Å². The summed E-state index contributed by atoms with van der Waals surface area (Å²) >= 11 is 0. The molecule has 1 aliphatic carbocycles. The van der Waals surface area contributed by atoms with Gasteiger partial charge in [-0.05, 0) is 43.7 Å². The molecule has 1 aromatic rings. The first-order valence-corrected chi connectivity index (χ1v) is 7.80. The molecule has 0 aromatic heterocycles. The van der Waals surface area contributed by atoms with E-state index in [1.54, 1.807) is 6.92 Å². The molecule has 1 unspecified atom stereocenters. The number of halogens is 3. The molecule has 0 saturated heterocycles. The summed E-state index contributed by atoms with van der Waals surface area (Å²) in [7, 11) is 0. The highest BCUT2D eigenvalue weighted by atomic mass is 19.4. The number of carboxylic acids is 1. The van der Waals surface area contributed by atoms with E-state index in [1.165, 1.54) is 6.07 Å². The van der Waals surface area contributed by atoms with Gasteiger partial charge in [-0.25, -0.2) is 0 Å². The number of fused-ring (bicyclic) bond motifs is 2. The first-order valence-electron chi connectivity index (χ1n) is 7.80. The minimum absolute atomic E-state index is 0.122. The lowest BCUT2D eigenvalue weighted by atomic mass is 9.65. The molecule has 2 aliphatic rings. The molecule has 3 rings (SSSR count). The van der Waals surface area contributed by atoms with Gasteiger partial charge >= 0.3 is 12.1 Å². The second-order valence-electron chi connectivity index (χ2n) is 6.74. The number of hydrogen-bond acceptors (Lipinski definition) is 2. The van der Waals surface area contributed by atoms with Crippen LogP contribution in [0.4, 0.5) is 13.2 Å². The fourth-order valence-corrected chi connectivity index (χ4v) is 3.86. The fraction of sp³-hybridized carbons (Fsp3) is 0.588. The number of benzene rings is 1. The highest BCUT2D eigenvalue weighted by Crippen LogP contribution is 2.51. The Balaban J connectivity index is 1.80. The van der Waals surface area contributed by atoms with Crippen LogP contribution >= 0.6 is 0 Å². The van der Waals surface area contributed by atoms with Crippen molar-refractivity contribution in [2.75, 3.05) is 6.61 Å². The molecule has 1 atom stereocenters. The summed E-state index contributed by atoms with van der Waals surface area (Å²) in [4.78, 5) is 11.1. The molecular weight excluding hydrogens is 309 g/mol. The number of ether oxygens (including phenoxy) is 1. The number of carboxylic acid groups (broad SMARTS) is 1. The standard InChI is InChI=1S/C17H19F3O3/c1-10(15(21)22)11-4-6-16(7-5-11)9-23-14-8-12(17(18,19)20)2-3-13(14)16/h2-3,8,10-11H,4-7,9H2,1H3,(H,21,22). The summed E-state index contributed by atoms with van der Waals surface area (Å²) in [6, 6.07) is 3.73. The van der Waals surface area contributed by atoms with Gasteiger partial charge in [-0.3, -0.25) is 4.79 Å². The van der Waals surface area contributed by atoms with E-state index >= 15 is 0 Å². The lowest BCUT2D eigenvalue weighted by Crippen LogP contribution is -2.36. The first-order chi connectivity index (χ1) is 10.7. The van der Waals surface area contributed by atoms with Crippen molar-refractivity contribution in [2.45, 2.75) is 44.2 Å². The second-order valence-corrected chi connectivity index (χ2v) is 6.74. The minimum atomic E-state index is -4.37. The van der Waals surface area contributed by atoms with E-state index in [0.29, 0.717) is 12.4 Å². The molecule has 126 valence electrons. The number of rotatable bonds is 2. The average Bonchev–Trinajstić information content (AvgIpc) is 2.85. The number of carbonyl (C=O) groups is 1. The van der Waals surface area contributed by atoms with Crippen LogP contribution in [0, 0.1) is 11.8 Å². The lowest BCUT2D eigenvalue weighted by molar-refractivity contribution is -0.143. The van der Waals surface area contributed by atoms with Crippen LogP contribution < -0.4 is 4.74 Å². The van der Waals surface area contributed by atoms with Crippen LogP contribution in [0.2, 0.25) is 0 Å². The van der Waals surface area contributed by atoms with Gasteiger partial charge in [0.1, 0.15) is 5.75 Å². The third-order valence-electron chi connectivity index (χ3n) is 5.47. The molecule has 23 heavy (non-hydrogen) atoms. The summed E-state index contributed by atoms with van der Waals surface area (Å²) in [5.74, 6) is -0.730. The molecule has 1 aliphatic heterocycles. The van der Waals surface area contributed by atoms with Gasteiger partial charge in [0, 0.05) is 11.0 Å². The Kier molecular flexibility index (Phi) is 3.81. The molecular formula is C17H19F3O3. The zero-order valence-corrected chi connectivity index (χ0v) is 12.8. The highest BCUT2D eigenvalue weighted by Gasteiger charge is 2.45. The van der Waals surface area contributed by atoms with Crippen LogP contribution in [-0.4, -0.2) is 17.7 Å². The Hall–Kier alpha value is -1.72. The second kappa shape index (κ2) is 5.42. The first kappa shape index (κ1) is 16.1. The highest BCUT2D eigenvalue weighted by molar-refractivity contribution is 5.69. The van der Waals surface area contributed by atoms with E-state index in [9.17, 15) is 18.0 Å². The van der Waals surface area contributed by atoms with E-state index < -0.39 is 17.7 Å². The predicted molar refractivity (Wildman–Crippen MR) is 77.4 cm³/mol. The molecule has 1 fully saturated rings. The number of aliphatic carboxylic acids is 1. The smallest absolute Gasteiger partial charge is 0.416 e. The largest absolute Gasteiger partial charge is 0.492 e. The van der Waals surface area contributed by atoms with Crippen LogP contribution in [0.1, 0.15) is 43.7 Å². The van der Waals surface area contributed by atoms with Gasteiger partial charge in [-0.1, -0.05) is 13.0 Å². The van der Waals surface area contributed by atoms with Gasteiger partial charge in [-0.2, -0.15) is 13.2 Å². The average molecular weight is 328 g/mol. The van der Waals surface area contributed by atoms with Crippen LogP contribution in [0.3, 0.4) is 0 Å². The van der Waals surface area contributed by atoms with Crippen LogP contribution in [0.25, 0.3) is 0 Å². The van der Waals surface area contributed by atoms with E-state index in [2.05, 4.69) is 0 Å². The van der Waals surface area contributed by atoms with Crippen LogP contribution in [-0.2, 0) is 16.4 Å². The third kappa shape index (κ3) is 2.79. The molecule has 1 aromatic carbocycles. The van der Waals surface area contributed by atoms with Crippen molar-refractivity contribution in [1.29, 1.82) is 0 Å². The van der Waals surface area contributed by atoms with Crippen molar-refractivity contribution < 1.29 is 27.8 Å². The van der Waals surface area contributed by atoms with Crippen molar-refractivity contribution >= 4 is 5.97 Å². The molecule has 1 spiro atoms. The van der Waals surface area contributed by atoms with Crippen LogP contribution in [0.5, 0.6) is 5.75 Å². The van der Waals surface area contributed by atoms with Gasteiger partial charge < -0.3 is 9.84 Å². The molecule has 1 N–H and O–H groups in total. The van der Waals surface area contributed by atoms with Crippen molar-refractivity contribution in [3.8, 4) is 5.75 Å². The molecule has 0 bridgehead atoms. The normalized spacial score (nSPS) is 28.3. The van der Waals surface area contributed by atoms with Crippen molar-refractivity contribution in [3.05, 3.63) is 29.3 Å². The van der Waals surface area contributed by atoms with E-state index in [0.717, 1.165) is 43.4 Å². The summed E-state index contributed by atoms with van der Waals surface area (Å²) in [6.45, 7) is 2.11. The van der Waals surface area contributed by atoms with Gasteiger partial charge in [0.25, 0.3) is 0 Å². The minimum Gasteiger partial charge on any atom is -0.492 e. The van der Waals surface area contributed by atoms with E-state index in [4.69, 9.17) is 9.84 Å². The number of alkyl halides is 3. The Morgan fingerprint density at radius 1 is 1.35 bits per heavy atom. The zero-order chi connectivity index (χ0) is 16.8. The SMILES string of the molecule is CC(C(=O)O)C1CCC2(CC1)COc1cc(C(F)(F)F)ccc12. The summed E-state index contributed by atoms with van der Waals surface area (Å²) in [5.41, 5.74) is -0.109. The van der Waals surface area contributed by atoms with Crippen molar-refractivity contribution in [3.63, 3.8) is 0 Å². The quantitative estimate of drug-likeness (QED) is 0.883. The zero-order valence-electron chi connectivity index (χ0n) is 12.8. The monoisotopic (exact) mass is 328 g/mol. The summed E-state index contributed by atoms with van der Waals surface area (Å²) < 4.78 is 43.9. The van der Waals surface area contributed by atoms with E-state index in [1.807, 2.05) is 0 Å². The third-order valence-corrected chi connectivity index (χ3v) is 5.47. The Bertz CT molecular complexity index is 616. The maximum Gasteiger partial charge on any atom is 0.416 e. The van der Waals surface area contributed by atoms with Gasteiger partial charge in [0.05, 0.1) is 18.1 Å². The summed E-state index contributed by atoms with van der Waals surface area (Å²) in [5, 5.41) is 9.12. The molecule has 6 heteroatoms. The molecule has 1 saturated carbocycles. The van der Waals surface area contributed by atoms with Gasteiger partial charge in [0.15, 0.2) is 0 Å². The molecule has 0 amide bonds. The fourth-order valence-electron chi connectivity index (χ4n) is 3.86. The van der Waals surface area contributed by atoms with Crippen molar-refractivity contribution in [1.82, 2.24) is 0 Å². The molecule has 1 heterocycles. The maximum atomic E-state index is 12.8. The Morgan fingerprint density at radius 3 is 2.57 bits per heavy atom. The molecule has 0 radical (unpaired) electrons. The van der Waals surface area contributed by atoms with E-state index in [-0.39, 0.29) is 17.3 Å².